The number of carbonyl (C=O) groups is 2. The molecule has 0 aromatic heterocycles. The van der Waals surface area contributed by atoms with E-state index in [0.29, 0.717) is 25.2 Å². The summed E-state index contributed by atoms with van der Waals surface area (Å²) in [4.78, 5) is 26.1. The molecule has 1 N–H and O–H groups in total. The van der Waals surface area contributed by atoms with E-state index in [2.05, 4.69) is 5.43 Å². The van der Waals surface area contributed by atoms with E-state index in [1.807, 2.05) is 36.4 Å². The average Bonchev–Trinajstić information content (AvgIpc) is 2.90. The number of benzene rings is 2. The lowest BCUT2D eigenvalue weighted by atomic mass is 10.2. The Kier molecular flexibility index (Phi) is 4.05. The van der Waals surface area contributed by atoms with Crippen LogP contribution in [0.15, 0.2) is 60.7 Å². The average molecular weight is 295 g/mol. The Morgan fingerprint density at radius 2 is 1.59 bits per heavy atom. The molecular formula is C17H17N3O2. The topological polar surface area (TPSA) is 52.7 Å². The first-order valence-corrected chi connectivity index (χ1v) is 7.20. The van der Waals surface area contributed by atoms with Crippen molar-refractivity contribution < 1.29 is 9.59 Å². The Labute approximate surface area is 129 Å². The zero-order valence-electron chi connectivity index (χ0n) is 12.1. The summed E-state index contributed by atoms with van der Waals surface area (Å²) in [5.41, 5.74) is 4.28. The number of carbonyl (C=O) groups excluding carboxylic acids is 2. The van der Waals surface area contributed by atoms with Crippen molar-refractivity contribution in [1.82, 2.24) is 15.3 Å². The van der Waals surface area contributed by atoms with Crippen LogP contribution in [0.1, 0.15) is 15.9 Å². The second kappa shape index (κ2) is 6.30. The number of hydrazine groups is 1. The van der Waals surface area contributed by atoms with Crippen LogP contribution < -0.4 is 5.43 Å². The summed E-state index contributed by atoms with van der Waals surface area (Å²) in [7, 11) is 0. The van der Waals surface area contributed by atoms with Crippen LogP contribution in [0.5, 0.6) is 0 Å². The summed E-state index contributed by atoms with van der Waals surface area (Å²) >= 11 is 0. The number of hydrogen-bond donors (Lipinski definition) is 1. The van der Waals surface area contributed by atoms with Gasteiger partial charge in [-0.2, -0.15) is 0 Å². The molecule has 112 valence electrons. The van der Waals surface area contributed by atoms with Crippen LogP contribution in [0.25, 0.3) is 0 Å². The first kappa shape index (κ1) is 14.1. The molecule has 0 radical (unpaired) electrons. The molecule has 0 aliphatic carbocycles. The molecule has 0 unspecified atom stereocenters. The van der Waals surface area contributed by atoms with Gasteiger partial charge in [-0.25, -0.2) is 9.80 Å². The molecular weight excluding hydrogens is 278 g/mol. The Morgan fingerprint density at radius 1 is 0.955 bits per heavy atom. The first-order chi connectivity index (χ1) is 10.7. The van der Waals surface area contributed by atoms with Gasteiger partial charge in [0.2, 0.25) is 0 Å². The smallest absolute Gasteiger partial charge is 0.317 e. The Morgan fingerprint density at radius 3 is 2.27 bits per heavy atom. The molecule has 0 spiro atoms. The van der Waals surface area contributed by atoms with Crippen molar-refractivity contribution >= 4 is 11.9 Å². The van der Waals surface area contributed by atoms with E-state index in [1.165, 1.54) is 5.01 Å². The zero-order valence-corrected chi connectivity index (χ0v) is 12.1. The van der Waals surface area contributed by atoms with Gasteiger partial charge in [-0.3, -0.25) is 10.2 Å². The van der Waals surface area contributed by atoms with Gasteiger partial charge in [-0.05, 0) is 17.7 Å². The Hall–Kier alpha value is -2.82. The maximum Gasteiger partial charge on any atom is 0.339 e. The van der Waals surface area contributed by atoms with Crippen molar-refractivity contribution in [1.29, 1.82) is 0 Å². The SMILES string of the molecule is O=C(NN1CCN(Cc2ccccc2)C1=O)c1ccccc1. The Balaban J connectivity index is 1.61. The molecule has 2 aromatic carbocycles. The van der Waals surface area contributed by atoms with Gasteiger partial charge in [0, 0.05) is 18.7 Å². The number of amides is 3. The van der Waals surface area contributed by atoms with Gasteiger partial charge < -0.3 is 4.90 Å². The van der Waals surface area contributed by atoms with Crippen LogP contribution in [0.2, 0.25) is 0 Å². The van der Waals surface area contributed by atoms with Crippen LogP contribution in [0.3, 0.4) is 0 Å². The normalized spacial score (nSPS) is 14.3. The summed E-state index contributed by atoms with van der Waals surface area (Å²) in [5, 5.41) is 1.37. The van der Waals surface area contributed by atoms with E-state index < -0.39 is 0 Å². The predicted molar refractivity (Wildman–Crippen MR) is 82.9 cm³/mol. The maximum atomic E-state index is 12.3. The van der Waals surface area contributed by atoms with Crippen LogP contribution in [-0.2, 0) is 6.54 Å². The lowest BCUT2D eigenvalue weighted by molar-refractivity contribution is 0.0845. The monoisotopic (exact) mass is 295 g/mol. The lowest BCUT2D eigenvalue weighted by Crippen LogP contribution is -2.44. The zero-order chi connectivity index (χ0) is 15.4. The minimum atomic E-state index is -0.268. The third-order valence-electron chi connectivity index (χ3n) is 3.58. The second-order valence-corrected chi connectivity index (χ2v) is 5.15. The summed E-state index contributed by atoms with van der Waals surface area (Å²) in [5.74, 6) is -0.268. The van der Waals surface area contributed by atoms with Crippen molar-refractivity contribution in [2.45, 2.75) is 6.54 Å². The Bertz CT molecular complexity index is 658. The first-order valence-electron chi connectivity index (χ1n) is 7.20. The van der Waals surface area contributed by atoms with Crippen LogP contribution in [0.4, 0.5) is 4.79 Å². The molecule has 3 amide bonds. The van der Waals surface area contributed by atoms with Gasteiger partial charge in [-0.15, -0.1) is 0 Å². The highest BCUT2D eigenvalue weighted by molar-refractivity contribution is 5.95. The minimum Gasteiger partial charge on any atom is -0.317 e. The predicted octanol–water partition coefficient (Wildman–Crippen LogP) is 2.27. The van der Waals surface area contributed by atoms with Gasteiger partial charge in [0.25, 0.3) is 5.91 Å². The summed E-state index contributed by atoms with van der Waals surface area (Å²) < 4.78 is 0. The van der Waals surface area contributed by atoms with E-state index in [9.17, 15) is 9.59 Å². The fraction of sp³-hybridized carbons (Fsp3) is 0.176. The van der Waals surface area contributed by atoms with Gasteiger partial charge in [-0.1, -0.05) is 48.5 Å². The molecule has 1 aliphatic rings. The third-order valence-corrected chi connectivity index (χ3v) is 3.58. The van der Waals surface area contributed by atoms with Gasteiger partial charge in [0.1, 0.15) is 0 Å². The summed E-state index contributed by atoms with van der Waals surface area (Å²) in [6.45, 7) is 1.64. The molecule has 2 aromatic rings. The van der Waals surface area contributed by atoms with E-state index in [1.54, 1.807) is 29.2 Å². The minimum absolute atomic E-state index is 0.173. The summed E-state index contributed by atoms with van der Waals surface area (Å²) in [6, 6.07) is 18.5. The lowest BCUT2D eigenvalue weighted by Gasteiger charge is -2.19. The van der Waals surface area contributed by atoms with E-state index >= 15 is 0 Å². The molecule has 3 rings (SSSR count). The highest BCUT2D eigenvalue weighted by atomic mass is 16.2. The fourth-order valence-electron chi connectivity index (χ4n) is 2.41. The molecule has 0 saturated carbocycles. The van der Waals surface area contributed by atoms with Crippen molar-refractivity contribution in [3.63, 3.8) is 0 Å². The largest absolute Gasteiger partial charge is 0.339 e. The van der Waals surface area contributed by atoms with Gasteiger partial charge in [0.05, 0.1) is 6.54 Å². The molecule has 22 heavy (non-hydrogen) atoms. The number of hydrogen-bond acceptors (Lipinski definition) is 2. The molecule has 5 nitrogen and oxygen atoms in total. The second-order valence-electron chi connectivity index (χ2n) is 5.15. The highest BCUT2D eigenvalue weighted by Crippen LogP contribution is 2.12. The van der Waals surface area contributed by atoms with Crippen LogP contribution in [-0.4, -0.2) is 34.9 Å². The molecule has 1 aliphatic heterocycles. The van der Waals surface area contributed by atoms with Crippen LogP contribution in [0, 0.1) is 0 Å². The fourth-order valence-corrected chi connectivity index (χ4v) is 2.41. The van der Waals surface area contributed by atoms with Gasteiger partial charge >= 0.3 is 6.03 Å². The molecule has 1 fully saturated rings. The van der Waals surface area contributed by atoms with Crippen molar-refractivity contribution in [3.8, 4) is 0 Å². The quantitative estimate of drug-likeness (QED) is 0.940. The summed E-state index contributed by atoms with van der Waals surface area (Å²) in [6.07, 6.45) is 0. The van der Waals surface area contributed by atoms with E-state index in [0.717, 1.165) is 5.56 Å². The van der Waals surface area contributed by atoms with E-state index in [4.69, 9.17) is 0 Å². The van der Waals surface area contributed by atoms with Crippen molar-refractivity contribution in [3.05, 3.63) is 71.8 Å². The van der Waals surface area contributed by atoms with Crippen LogP contribution >= 0.6 is 0 Å². The van der Waals surface area contributed by atoms with Gasteiger partial charge in [0.15, 0.2) is 0 Å². The third kappa shape index (κ3) is 3.09. The highest BCUT2D eigenvalue weighted by Gasteiger charge is 2.29. The molecule has 1 heterocycles. The van der Waals surface area contributed by atoms with Crippen molar-refractivity contribution in [2.75, 3.05) is 13.1 Å². The maximum absolute atomic E-state index is 12.3. The number of rotatable bonds is 4. The molecule has 0 bridgehead atoms. The standard InChI is InChI=1S/C17H17N3O2/c21-16(15-9-5-2-6-10-15)18-20-12-11-19(17(20)22)13-14-7-3-1-4-8-14/h1-10H,11-13H2,(H,18,21). The van der Waals surface area contributed by atoms with Crippen molar-refractivity contribution in [2.24, 2.45) is 0 Å². The molecule has 1 saturated heterocycles. The number of nitrogens with one attached hydrogen (secondary N) is 1. The molecule has 0 atom stereocenters. The number of urea groups is 1. The molecule has 5 heteroatoms. The number of nitrogens with zero attached hydrogens (tertiary/aromatic N) is 2. The van der Waals surface area contributed by atoms with E-state index in [-0.39, 0.29) is 11.9 Å².